The van der Waals surface area contributed by atoms with E-state index in [-0.39, 0.29) is 10.6 Å². The summed E-state index contributed by atoms with van der Waals surface area (Å²) in [5.74, 6) is 0. The third kappa shape index (κ3) is 2.72. The maximum Gasteiger partial charge on any atom is 0.273 e. The van der Waals surface area contributed by atoms with Crippen LogP contribution in [0.1, 0.15) is 26.7 Å². The second kappa shape index (κ2) is 5.25. The molecular formula is C13H19N3O2. The molecule has 1 aromatic rings. The predicted octanol–water partition coefficient (Wildman–Crippen LogP) is 3.02. The maximum atomic E-state index is 11.0. The van der Waals surface area contributed by atoms with E-state index >= 15 is 0 Å². The van der Waals surface area contributed by atoms with Crippen LogP contribution in [0.5, 0.6) is 0 Å². The van der Waals surface area contributed by atoms with Gasteiger partial charge in [0.2, 0.25) is 0 Å². The molecule has 5 heteroatoms. The molecule has 2 rings (SSSR count). The molecule has 0 atom stereocenters. The average molecular weight is 249 g/mol. The van der Waals surface area contributed by atoms with Gasteiger partial charge in [-0.2, -0.15) is 0 Å². The highest BCUT2D eigenvalue weighted by molar-refractivity contribution is 5.65. The number of nitrogens with zero attached hydrogens (tertiary/aromatic N) is 2. The summed E-state index contributed by atoms with van der Waals surface area (Å²) in [6.07, 6.45) is 2.38. The quantitative estimate of drug-likeness (QED) is 0.622. The number of non-ortho nitro benzene ring substituents is 1. The van der Waals surface area contributed by atoms with Crippen LogP contribution >= 0.6 is 0 Å². The molecule has 1 fully saturated rings. The molecule has 0 bridgehead atoms. The lowest BCUT2D eigenvalue weighted by molar-refractivity contribution is -0.384. The largest absolute Gasteiger partial charge is 0.385 e. The highest BCUT2D eigenvalue weighted by atomic mass is 16.6. The highest BCUT2D eigenvalue weighted by Crippen LogP contribution is 2.34. The molecule has 1 aliphatic rings. The molecule has 0 amide bonds. The first-order chi connectivity index (χ1) is 8.65. The number of nitrogens with one attached hydrogen (secondary N) is 1. The van der Waals surface area contributed by atoms with Crippen molar-refractivity contribution in [3.63, 3.8) is 0 Å². The summed E-state index contributed by atoms with van der Waals surface area (Å²) < 4.78 is 0. The van der Waals surface area contributed by atoms with Gasteiger partial charge in [0.1, 0.15) is 0 Å². The Morgan fingerprint density at radius 1 is 1.39 bits per heavy atom. The van der Waals surface area contributed by atoms with Crippen LogP contribution in [0.3, 0.4) is 0 Å². The summed E-state index contributed by atoms with van der Waals surface area (Å²) in [7, 11) is 0. The first kappa shape index (κ1) is 12.7. The lowest BCUT2D eigenvalue weighted by Crippen LogP contribution is -2.25. The van der Waals surface area contributed by atoms with Crippen LogP contribution in [0.2, 0.25) is 0 Å². The van der Waals surface area contributed by atoms with Crippen molar-refractivity contribution in [3.8, 4) is 0 Å². The van der Waals surface area contributed by atoms with E-state index in [0.717, 1.165) is 24.5 Å². The van der Waals surface area contributed by atoms with E-state index in [2.05, 4.69) is 17.1 Å². The van der Waals surface area contributed by atoms with Crippen LogP contribution in [0.4, 0.5) is 17.1 Å². The lowest BCUT2D eigenvalue weighted by Gasteiger charge is -2.23. The Balaban J connectivity index is 2.34. The number of hydrogen-bond acceptors (Lipinski definition) is 4. The van der Waals surface area contributed by atoms with Crippen molar-refractivity contribution in [1.82, 2.24) is 0 Å². The van der Waals surface area contributed by atoms with E-state index in [1.807, 2.05) is 13.0 Å². The molecule has 1 N–H and O–H groups in total. The Morgan fingerprint density at radius 2 is 2.11 bits per heavy atom. The molecule has 1 saturated carbocycles. The molecule has 0 radical (unpaired) electrons. The van der Waals surface area contributed by atoms with Crippen molar-refractivity contribution in [3.05, 3.63) is 28.3 Å². The average Bonchev–Trinajstić information content (AvgIpc) is 3.14. The zero-order valence-electron chi connectivity index (χ0n) is 10.8. The number of hydrogen-bond donors (Lipinski definition) is 1. The minimum absolute atomic E-state index is 0.155. The molecule has 0 spiro atoms. The predicted molar refractivity (Wildman–Crippen MR) is 73.3 cm³/mol. The van der Waals surface area contributed by atoms with Gasteiger partial charge < -0.3 is 10.2 Å². The third-order valence-electron chi connectivity index (χ3n) is 3.15. The van der Waals surface area contributed by atoms with Gasteiger partial charge in [0.05, 0.1) is 4.92 Å². The summed E-state index contributed by atoms with van der Waals surface area (Å²) in [5, 5.41) is 14.1. The van der Waals surface area contributed by atoms with Crippen molar-refractivity contribution < 1.29 is 4.92 Å². The number of rotatable bonds is 6. The third-order valence-corrected chi connectivity index (χ3v) is 3.15. The number of nitro groups is 1. The van der Waals surface area contributed by atoms with Gasteiger partial charge in [-0.1, -0.05) is 0 Å². The molecule has 1 aromatic carbocycles. The molecule has 0 aromatic heterocycles. The molecule has 18 heavy (non-hydrogen) atoms. The lowest BCUT2D eigenvalue weighted by atomic mass is 10.2. The summed E-state index contributed by atoms with van der Waals surface area (Å²) >= 11 is 0. The van der Waals surface area contributed by atoms with E-state index in [9.17, 15) is 10.1 Å². The Kier molecular flexibility index (Phi) is 3.69. The molecule has 1 aliphatic carbocycles. The van der Waals surface area contributed by atoms with Crippen molar-refractivity contribution in [2.45, 2.75) is 32.7 Å². The molecule has 0 unspecified atom stereocenters. The van der Waals surface area contributed by atoms with E-state index in [4.69, 9.17) is 0 Å². The monoisotopic (exact) mass is 249 g/mol. The Bertz CT molecular complexity index is 444. The molecule has 0 aliphatic heterocycles. The maximum absolute atomic E-state index is 11.0. The first-order valence-electron chi connectivity index (χ1n) is 6.45. The smallest absolute Gasteiger partial charge is 0.273 e. The summed E-state index contributed by atoms with van der Waals surface area (Å²) in [4.78, 5) is 12.9. The van der Waals surface area contributed by atoms with Gasteiger partial charge in [0, 0.05) is 42.6 Å². The number of anilines is 2. The van der Waals surface area contributed by atoms with Gasteiger partial charge in [-0.05, 0) is 32.8 Å². The first-order valence-corrected chi connectivity index (χ1v) is 6.45. The Labute approximate surface area is 107 Å². The van der Waals surface area contributed by atoms with Crippen LogP contribution in [0.25, 0.3) is 0 Å². The van der Waals surface area contributed by atoms with E-state index in [1.165, 1.54) is 12.8 Å². The van der Waals surface area contributed by atoms with E-state index in [1.54, 1.807) is 12.1 Å². The minimum atomic E-state index is -0.328. The standard InChI is InChI=1S/C13H19N3O2/c1-3-14-10-7-12(9-13(8-10)16(17)18)15(4-2)11-5-6-11/h7-9,11,14H,3-6H2,1-2H3. The van der Waals surface area contributed by atoms with Crippen molar-refractivity contribution >= 4 is 17.1 Å². The summed E-state index contributed by atoms with van der Waals surface area (Å²) in [6, 6.07) is 5.82. The van der Waals surface area contributed by atoms with Crippen molar-refractivity contribution in [2.75, 3.05) is 23.3 Å². The molecule has 0 saturated heterocycles. The van der Waals surface area contributed by atoms with Crippen LogP contribution < -0.4 is 10.2 Å². The second-order valence-corrected chi connectivity index (χ2v) is 4.54. The molecule has 98 valence electrons. The SMILES string of the molecule is CCNc1cc(N(CC)C2CC2)cc([N+](=O)[O-])c1. The fraction of sp³-hybridized carbons (Fsp3) is 0.538. The Morgan fingerprint density at radius 3 is 2.61 bits per heavy atom. The van der Waals surface area contributed by atoms with Crippen LogP contribution in [-0.2, 0) is 0 Å². The fourth-order valence-electron chi connectivity index (χ4n) is 2.21. The van der Waals surface area contributed by atoms with Gasteiger partial charge in [-0.15, -0.1) is 0 Å². The normalized spacial score (nSPS) is 14.3. The van der Waals surface area contributed by atoms with Gasteiger partial charge in [0.25, 0.3) is 5.69 Å². The number of nitro benzene ring substituents is 1. The van der Waals surface area contributed by atoms with E-state index < -0.39 is 0 Å². The second-order valence-electron chi connectivity index (χ2n) is 4.54. The van der Waals surface area contributed by atoms with Crippen LogP contribution in [0.15, 0.2) is 18.2 Å². The highest BCUT2D eigenvalue weighted by Gasteiger charge is 2.29. The van der Waals surface area contributed by atoms with Gasteiger partial charge in [-0.25, -0.2) is 0 Å². The molecule has 0 heterocycles. The zero-order chi connectivity index (χ0) is 13.1. The topological polar surface area (TPSA) is 58.4 Å². The fourth-order valence-corrected chi connectivity index (χ4v) is 2.21. The van der Waals surface area contributed by atoms with Gasteiger partial charge in [-0.3, -0.25) is 10.1 Å². The summed E-state index contributed by atoms with van der Waals surface area (Å²) in [5.41, 5.74) is 1.92. The molecular weight excluding hydrogens is 230 g/mol. The number of benzene rings is 1. The zero-order valence-corrected chi connectivity index (χ0v) is 10.8. The van der Waals surface area contributed by atoms with Crippen LogP contribution in [-0.4, -0.2) is 24.1 Å². The molecule has 5 nitrogen and oxygen atoms in total. The Hall–Kier alpha value is -1.78. The van der Waals surface area contributed by atoms with E-state index in [0.29, 0.717) is 6.04 Å². The van der Waals surface area contributed by atoms with Crippen LogP contribution in [0, 0.1) is 10.1 Å². The van der Waals surface area contributed by atoms with Gasteiger partial charge in [0.15, 0.2) is 0 Å². The van der Waals surface area contributed by atoms with Crippen molar-refractivity contribution in [1.29, 1.82) is 0 Å². The summed E-state index contributed by atoms with van der Waals surface area (Å²) in [6.45, 7) is 5.72. The van der Waals surface area contributed by atoms with Gasteiger partial charge >= 0.3 is 0 Å². The van der Waals surface area contributed by atoms with Crippen molar-refractivity contribution in [2.24, 2.45) is 0 Å². The minimum Gasteiger partial charge on any atom is -0.385 e.